The van der Waals surface area contributed by atoms with E-state index in [0.717, 1.165) is 0 Å². The van der Waals surface area contributed by atoms with Gasteiger partial charge < -0.3 is 14.8 Å². The van der Waals surface area contributed by atoms with Gasteiger partial charge in [0.2, 0.25) is 10.0 Å². The summed E-state index contributed by atoms with van der Waals surface area (Å²) in [6.45, 7) is 3.60. The van der Waals surface area contributed by atoms with E-state index in [1.54, 1.807) is 13.8 Å². The molecule has 1 amide bonds. The molecule has 1 heterocycles. The van der Waals surface area contributed by atoms with Crippen LogP contribution in [0.2, 0.25) is 0 Å². The lowest BCUT2D eigenvalue weighted by Crippen LogP contribution is -2.48. The molecular formula is C18H22N2O6S. The molecule has 1 aliphatic rings. The van der Waals surface area contributed by atoms with Crippen LogP contribution in [-0.2, 0) is 24.3 Å². The van der Waals surface area contributed by atoms with E-state index in [-0.39, 0.29) is 42.3 Å². The van der Waals surface area contributed by atoms with Crippen LogP contribution < -0.4 is 5.32 Å². The van der Waals surface area contributed by atoms with Crippen LogP contribution in [0.4, 0.5) is 0 Å². The first-order valence-corrected chi connectivity index (χ1v) is 9.81. The highest BCUT2D eigenvalue weighted by atomic mass is 32.2. The first kappa shape index (κ1) is 20.9. The van der Waals surface area contributed by atoms with Gasteiger partial charge in [-0.2, -0.15) is 4.31 Å². The number of terminal acetylenes is 1. The average Bonchev–Trinajstić information content (AvgIpc) is 2.63. The van der Waals surface area contributed by atoms with E-state index >= 15 is 0 Å². The molecule has 0 saturated carbocycles. The zero-order chi connectivity index (χ0) is 20.0. The number of carbonyl (C=O) groups excluding carboxylic acids is 2. The number of amides is 1. The van der Waals surface area contributed by atoms with Crippen LogP contribution in [0.25, 0.3) is 0 Å². The van der Waals surface area contributed by atoms with Crippen LogP contribution in [0, 0.1) is 12.3 Å². The molecule has 2 rings (SSSR count). The zero-order valence-electron chi connectivity index (χ0n) is 15.2. The maximum Gasteiger partial charge on any atom is 0.338 e. The number of rotatable bonds is 6. The van der Waals surface area contributed by atoms with Gasteiger partial charge in [-0.1, -0.05) is 12.0 Å². The van der Waals surface area contributed by atoms with Gasteiger partial charge in [-0.25, -0.2) is 13.2 Å². The number of esters is 1. The predicted molar refractivity (Wildman–Crippen MR) is 97.3 cm³/mol. The van der Waals surface area contributed by atoms with Gasteiger partial charge in [0.05, 0.1) is 29.2 Å². The summed E-state index contributed by atoms with van der Waals surface area (Å²) in [4.78, 5) is 23.5. The fourth-order valence-corrected chi connectivity index (χ4v) is 4.31. The van der Waals surface area contributed by atoms with E-state index in [1.165, 1.54) is 28.6 Å². The number of nitrogens with zero attached hydrogens (tertiary/aromatic N) is 1. The molecule has 1 aliphatic heterocycles. The molecule has 8 nitrogen and oxygen atoms in total. The molecule has 0 bridgehead atoms. The number of morpholine rings is 1. The van der Waals surface area contributed by atoms with Crippen LogP contribution in [-0.4, -0.2) is 63.0 Å². The molecule has 1 aromatic rings. The molecule has 2 atom stereocenters. The number of hydrogen-bond acceptors (Lipinski definition) is 6. The Hall–Kier alpha value is -2.41. The molecule has 1 N–H and O–H groups in total. The number of ether oxygens (including phenoxy) is 2. The summed E-state index contributed by atoms with van der Waals surface area (Å²) in [5.41, 5.74) is 0.0372. The van der Waals surface area contributed by atoms with E-state index in [9.17, 15) is 18.0 Å². The lowest BCUT2D eigenvalue weighted by molar-refractivity contribution is -0.123. The highest BCUT2D eigenvalue weighted by Crippen LogP contribution is 2.22. The second-order valence-corrected chi connectivity index (χ2v) is 8.10. The highest BCUT2D eigenvalue weighted by Gasteiger charge is 2.32. The third-order valence-electron chi connectivity index (χ3n) is 3.82. The molecule has 27 heavy (non-hydrogen) atoms. The maximum atomic E-state index is 12.9. The van der Waals surface area contributed by atoms with Crippen LogP contribution in [0.5, 0.6) is 0 Å². The summed E-state index contributed by atoms with van der Waals surface area (Å²) in [5.74, 6) is 0.887. The Morgan fingerprint density at radius 1 is 1.33 bits per heavy atom. The second-order valence-electron chi connectivity index (χ2n) is 6.16. The summed E-state index contributed by atoms with van der Waals surface area (Å²) >= 11 is 0. The van der Waals surface area contributed by atoms with Crippen molar-refractivity contribution in [2.24, 2.45) is 0 Å². The summed E-state index contributed by atoms with van der Waals surface area (Å²) < 4.78 is 37.5. The molecule has 1 fully saturated rings. The van der Waals surface area contributed by atoms with Gasteiger partial charge >= 0.3 is 5.97 Å². The number of carbonyl (C=O) groups is 2. The Bertz CT molecular complexity index is 836. The zero-order valence-corrected chi connectivity index (χ0v) is 16.0. The third kappa shape index (κ3) is 5.53. The Morgan fingerprint density at radius 2 is 2.00 bits per heavy atom. The number of benzene rings is 1. The molecule has 0 spiro atoms. The van der Waals surface area contributed by atoms with E-state index in [0.29, 0.717) is 0 Å². The number of sulfonamides is 1. The first-order chi connectivity index (χ1) is 12.7. The fourth-order valence-electron chi connectivity index (χ4n) is 2.67. The number of hydrogen-bond donors (Lipinski definition) is 1. The quantitative estimate of drug-likeness (QED) is 0.553. The molecule has 1 saturated heterocycles. The van der Waals surface area contributed by atoms with E-state index in [4.69, 9.17) is 15.9 Å². The van der Waals surface area contributed by atoms with E-state index < -0.39 is 28.5 Å². The van der Waals surface area contributed by atoms with Crippen molar-refractivity contribution in [1.29, 1.82) is 0 Å². The van der Waals surface area contributed by atoms with E-state index in [1.807, 2.05) is 0 Å². The summed E-state index contributed by atoms with van der Waals surface area (Å²) in [5, 5.41) is 2.36. The molecule has 0 aromatic heterocycles. The number of nitrogens with one attached hydrogen (secondary N) is 1. The predicted octanol–water partition coefficient (Wildman–Crippen LogP) is 0.391. The standard InChI is InChI=1S/C18H22N2O6S/c1-4-8-19-17(21)12-25-18(22)15-6-5-7-16(9-15)27(23,24)20-10-13(2)26-14(3)11-20/h1,5-7,9,13-14H,8,10-12H2,2-3H3,(H,19,21)/t13-,14-/m0/s1. The maximum absolute atomic E-state index is 12.9. The molecule has 146 valence electrons. The van der Waals surface area contributed by atoms with Gasteiger partial charge in [0.15, 0.2) is 6.61 Å². The van der Waals surface area contributed by atoms with Gasteiger partial charge in [0, 0.05) is 13.1 Å². The van der Waals surface area contributed by atoms with Crippen molar-refractivity contribution < 1.29 is 27.5 Å². The van der Waals surface area contributed by atoms with Crippen molar-refractivity contribution in [3.8, 4) is 12.3 Å². The SMILES string of the molecule is C#CCNC(=O)COC(=O)c1cccc(S(=O)(=O)N2C[C@H](C)O[C@@H](C)C2)c1. The lowest BCUT2D eigenvalue weighted by Gasteiger charge is -2.34. The lowest BCUT2D eigenvalue weighted by atomic mass is 10.2. The highest BCUT2D eigenvalue weighted by molar-refractivity contribution is 7.89. The van der Waals surface area contributed by atoms with Crippen LogP contribution >= 0.6 is 0 Å². The Morgan fingerprint density at radius 3 is 2.63 bits per heavy atom. The normalized spacial score (nSPS) is 20.5. The molecule has 0 aliphatic carbocycles. The summed E-state index contributed by atoms with van der Waals surface area (Å²) in [7, 11) is -3.78. The monoisotopic (exact) mass is 394 g/mol. The first-order valence-electron chi connectivity index (χ1n) is 8.37. The van der Waals surface area contributed by atoms with Crippen LogP contribution in [0.1, 0.15) is 24.2 Å². The third-order valence-corrected chi connectivity index (χ3v) is 5.64. The van der Waals surface area contributed by atoms with Crippen molar-refractivity contribution in [1.82, 2.24) is 9.62 Å². The van der Waals surface area contributed by atoms with Gasteiger partial charge in [0.1, 0.15) is 0 Å². The molecular weight excluding hydrogens is 372 g/mol. The van der Waals surface area contributed by atoms with Gasteiger partial charge in [-0.3, -0.25) is 4.79 Å². The van der Waals surface area contributed by atoms with Crippen LogP contribution in [0.15, 0.2) is 29.2 Å². The van der Waals surface area contributed by atoms with Gasteiger partial charge in [-0.05, 0) is 32.0 Å². The van der Waals surface area contributed by atoms with Gasteiger partial charge in [0.25, 0.3) is 5.91 Å². The molecule has 1 aromatic carbocycles. The summed E-state index contributed by atoms with van der Waals surface area (Å²) in [6.07, 6.45) is 4.57. The Balaban J connectivity index is 2.11. The smallest absolute Gasteiger partial charge is 0.338 e. The van der Waals surface area contributed by atoms with Gasteiger partial charge in [-0.15, -0.1) is 6.42 Å². The minimum Gasteiger partial charge on any atom is -0.452 e. The molecule has 0 unspecified atom stereocenters. The van der Waals surface area contributed by atoms with Crippen molar-refractivity contribution in [2.75, 3.05) is 26.2 Å². The van der Waals surface area contributed by atoms with Crippen molar-refractivity contribution >= 4 is 21.9 Å². The fraction of sp³-hybridized carbons (Fsp3) is 0.444. The topological polar surface area (TPSA) is 102 Å². The minimum atomic E-state index is -3.78. The van der Waals surface area contributed by atoms with E-state index in [2.05, 4.69) is 11.2 Å². The van der Waals surface area contributed by atoms with Crippen molar-refractivity contribution in [3.05, 3.63) is 29.8 Å². The summed E-state index contributed by atoms with van der Waals surface area (Å²) in [6, 6.07) is 5.53. The Labute approximate surface area is 158 Å². The molecule has 0 radical (unpaired) electrons. The van der Waals surface area contributed by atoms with Crippen molar-refractivity contribution in [2.45, 2.75) is 31.0 Å². The average molecular weight is 394 g/mol. The Kier molecular flexibility index (Phi) is 6.96. The van der Waals surface area contributed by atoms with Crippen molar-refractivity contribution in [3.63, 3.8) is 0 Å². The minimum absolute atomic E-state index is 0.0185. The van der Waals surface area contributed by atoms with Crippen LogP contribution in [0.3, 0.4) is 0 Å². The largest absolute Gasteiger partial charge is 0.452 e. The molecule has 9 heteroatoms. The second kappa shape index (κ2) is 8.99.